The molecule has 2 rings (SSSR count). The van der Waals surface area contributed by atoms with Gasteiger partial charge >= 0.3 is 0 Å². The van der Waals surface area contributed by atoms with Gasteiger partial charge in [-0.25, -0.2) is 0 Å². The molecule has 2 atom stereocenters. The fraction of sp³-hybridized carbons (Fsp3) is 0.571. The molecule has 0 radical (unpaired) electrons. The average molecular weight is 234 g/mol. The van der Waals surface area contributed by atoms with Crippen LogP contribution in [0.4, 0.5) is 0 Å². The van der Waals surface area contributed by atoms with Gasteiger partial charge in [0.1, 0.15) is 5.75 Å². The summed E-state index contributed by atoms with van der Waals surface area (Å²) in [7, 11) is 3.89. The highest BCUT2D eigenvalue weighted by molar-refractivity contribution is 5.29. The van der Waals surface area contributed by atoms with Crippen molar-refractivity contribution in [2.24, 2.45) is 11.7 Å². The summed E-state index contributed by atoms with van der Waals surface area (Å²) in [4.78, 5) is 2.42. The summed E-state index contributed by atoms with van der Waals surface area (Å²) < 4.78 is 5.20. The topological polar surface area (TPSA) is 38.5 Å². The van der Waals surface area contributed by atoms with Crippen molar-refractivity contribution in [1.82, 2.24) is 4.90 Å². The van der Waals surface area contributed by atoms with Gasteiger partial charge in [0.05, 0.1) is 7.11 Å². The maximum Gasteiger partial charge on any atom is 0.118 e. The minimum absolute atomic E-state index is 0.458. The zero-order chi connectivity index (χ0) is 12.3. The predicted octanol–water partition coefficient (Wildman–Crippen LogP) is 2.04. The third-order valence-electron chi connectivity index (χ3n) is 3.77. The lowest BCUT2D eigenvalue weighted by Crippen LogP contribution is -2.39. The van der Waals surface area contributed by atoms with Gasteiger partial charge in [0.2, 0.25) is 0 Å². The van der Waals surface area contributed by atoms with Gasteiger partial charge in [-0.15, -0.1) is 0 Å². The van der Waals surface area contributed by atoms with Gasteiger partial charge in [0.25, 0.3) is 0 Å². The Kier molecular flexibility index (Phi) is 4.02. The number of hydrogen-bond donors (Lipinski definition) is 1. The standard InChI is InChI=1S/C14H22N2O/c1-16-9-3-4-12(10-15)14(16)11-5-7-13(17-2)8-6-11/h5-8,12,14H,3-4,9-10,15H2,1-2H3/t12-,14-/m0/s1. The van der Waals surface area contributed by atoms with Gasteiger partial charge in [-0.2, -0.15) is 0 Å². The van der Waals surface area contributed by atoms with E-state index in [0.717, 1.165) is 18.8 Å². The van der Waals surface area contributed by atoms with Gasteiger partial charge in [-0.1, -0.05) is 12.1 Å². The van der Waals surface area contributed by atoms with E-state index in [1.54, 1.807) is 7.11 Å². The van der Waals surface area contributed by atoms with Gasteiger partial charge in [-0.3, -0.25) is 4.90 Å². The van der Waals surface area contributed by atoms with Crippen molar-refractivity contribution in [2.75, 3.05) is 27.2 Å². The Morgan fingerprint density at radius 2 is 2.06 bits per heavy atom. The Morgan fingerprint density at radius 1 is 1.35 bits per heavy atom. The predicted molar refractivity (Wildman–Crippen MR) is 70.1 cm³/mol. The molecule has 17 heavy (non-hydrogen) atoms. The van der Waals surface area contributed by atoms with Crippen LogP contribution in [-0.4, -0.2) is 32.1 Å². The van der Waals surface area contributed by atoms with E-state index in [1.807, 2.05) is 12.1 Å². The van der Waals surface area contributed by atoms with E-state index in [4.69, 9.17) is 10.5 Å². The fourth-order valence-corrected chi connectivity index (χ4v) is 2.83. The maximum atomic E-state index is 5.90. The molecule has 1 aromatic rings. The molecule has 1 heterocycles. The number of rotatable bonds is 3. The Morgan fingerprint density at radius 3 is 2.65 bits per heavy atom. The summed E-state index contributed by atoms with van der Waals surface area (Å²) in [5.74, 6) is 1.48. The lowest BCUT2D eigenvalue weighted by molar-refractivity contribution is 0.125. The molecule has 1 saturated heterocycles. The van der Waals surface area contributed by atoms with Gasteiger partial charge < -0.3 is 10.5 Å². The van der Waals surface area contributed by atoms with Gasteiger partial charge in [0.15, 0.2) is 0 Å². The number of hydrogen-bond acceptors (Lipinski definition) is 3. The van der Waals surface area contributed by atoms with Crippen LogP contribution in [0, 0.1) is 5.92 Å². The number of benzene rings is 1. The van der Waals surface area contributed by atoms with Crippen molar-refractivity contribution in [3.63, 3.8) is 0 Å². The first-order chi connectivity index (χ1) is 8.26. The van der Waals surface area contributed by atoms with Crippen LogP contribution in [0.2, 0.25) is 0 Å². The fourth-order valence-electron chi connectivity index (χ4n) is 2.83. The van der Waals surface area contributed by atoms with Crippen LogP contribution in [0.5, 0.6) is 5.75 Å². The van der Waals surface area contributed by atoms with Gasteiger partial charge in [-0.05, 0) is 56.6 Å². The van der Waals surface area contributed by atoms with E-state index >= 15 is 0 Å². The average Bonchev–Trinajstić information content (AvgIpc) is 2.38. The Balaban J connectivity index is 2.21. The lowest BCUT2D eigenvalue weighted by atomic mass is 9.85. The molecule has 0 spiro atoms. The summed E-state index contributed by atoms with van der Waals surface area (Å²) in [6, 6.07) is 8.85. The van der Waals surface area contributed by atoms with E-state index in [-0.39, 0.29) is 0 Å². The van der Waals surface area contributed by atoms with E-state index in [2.05, 4.69) is 24.1 Å². The molecule has 0 saturated carbocycles. The van der Waals surface area contributed by atoms with Crippen LogP contribution in [0.3, 0.4) is 0 Å². The largest absolute Gasteiger partial charge is 0.497 e. The highest BCUT2D eigenvalue weighted by atomic mass is 16.5. The lowest BCUT2D eigenvalue weighted by Gasteiger charge is -2.39. The molecule has 3 nitrogen and oxygen atoms in total. The van der Waals surface area contributed by atoms with Crippen LogP contribution in [-0.2, 0) is 0 Å². The minimum Gasteiger partial charge on any atom is -0.497 e. The normalized spacial score (nSPS) is 25.8. The molecule has 0 bridgehead atoms. The molecule has 1 aromatic carbocycles. The molecule has 0 aromatic heterocycles. The third kappa shape index (κ3) is 2.61. The van der Waals surface area contributed by atoms with Crippen LogP contribution in [0.25, 0.3) is 0 Å². The van der Waals surface area contributed by atoms with Crippen molar-refractivity contribution in [3.8, 4) is 5.75 Å². The smallest absolute Gasteiger partial charge is 0.118 e. The number of nitrogens with two attached hydrogens (primary N) is 1. The molecule has 1 aliphatic heterocycles. The molecular weight excluding hydrogens is 212 g/mol. The Hall–Kier alpha value is -1.06. The van der Waals surface area contributed by atoms with Crippen LogP contribution in [0.1, 0.15) is 24.4 Å². The van der Waals surface area contributed by atoms with Crippen molar-refractivity contribution in [1.29, 1.82) is 0 Å². The number of nitrogens with zero attached hydrogens (tertiary/aromatic N) is 1. The number of ether oxygens (including phenoxy) is 1. The second-order valence-electron chi connectivity index (χ2n) is 4.84. The zero-order valence-corrected chi connectivity index (χ0v) is 10.7. The van der Waals surface area contributed by atoms with Gasteiger partial charge in [0, 0.05) is 6.04 Å². The zero-order valence-electron chi connectivity index (χ0n) is 10.7. The number of methoxy groups -OCH3 is 1. The summed E-state index contributed by atoms with van der Waals surface area (Å²) in [6.07, 6.45) is 2.49. The Bertz CT molecular complexity index is 350. The molecule has 0 aliphatic carbocycles. The molecule has 94 valence electrons. The van der Waals surface area contributed by atoms with E-state index in [1.165, 1.54) is 18.4 Å². The third-order valence-corrected chi connectivity index (χ3v) is 3.77. The van der Waals surface area contributed by atoms with Crippen LogP contribution < -0.4 is 10.5 Å². The summed E-state index contributed by atoms with van der Waals surface area (Å²) in [5.41, 5.74) is 7.25. The molecular formula is C14H22N2O. The van der Waals surface area contributed by atoms with Crippen LogP contribution >= 0.6 is 0 Å². The highest BCUT2D eigenvalue weighted by Gasteiger charge is 2.29. The highest BCUT2D eigenvalue weighted by Crippen LogP contribution is 2.34. The number of likely N-dealkylation sites (tertiary alicyclic amines) is 1. The molecule has 3 heteroatoms. The van der Waals surface area contributed by atoms with Crippen molar-refractivity contribution < 1.29 is 4.74 Å². The Labute approximate surface area is 104 Å². The first-order valence-corrected chi connectivity index (χ1v) is 6.30. The SMILES string of the molecule is COc1ccc([C@H]2[C@H](CN)CCCN2C)cc1. The first-order valence-electron chi connectivity index (χ1n) is 6.30. The van der Waals surface area contributed by atoms with Crippen molar-refractivity contribution >= 4 is 0 Å². The molecule has 2 N–H and O–H groups in total. The quantitative estimate of drug-likeness (QED) is 0.869. The molecule has 1 fully saturated rings. The second kappa shape index (κ2) is 5.52. The van der Waals surface area contributed by atoms with Crippen LogP contribution in [0.15, 0.2) is 24.3 Å². The molecule has 0 unspecified atom stereocenters. The second-order valence-corrected chi connectivity index (χ2v) is 4.84. The molecule has 0 amide bonds. The summed E-state index contributed by atoms with van der Waals surface area (Å²) in [5, 5.41) is 0. The maximum absolute atomic E-state index is 5.90. The van der Waals surface area contributed by atoms with Crippen molar-refractivity contribution in [3.05, 3.63) is 29.8 Å². The monoisotopic (exact) mass is 234 g/mol. The summed E-state index contributed by atoms with van der Waals surface area (Å²) in [6.45, 7) is 1.92. The van der Waals surface area contributed by atoms with E-state index in [9.17, 15) is 0 Å². The van der Waals surface area contributed by atoms with E-state index in [0.29, 0.717) is 12.0 Å². The minimum atomic E-state index is 0.458. The molecule has 1 aliphatic rings. The van der Waals surface area contributed by atoms with E-state index < -0.39 is 0 Å². The summed E-state index contributed by atoms with van der Waals surface area (Å²) >= 11 is 0. The number of piperidine rings is 1. The first kappa shape index (κ1) is 12.4. The van der Waals surface area contributed by atoms with Crippen molar-refractivity contribution in [2.45, 2.75) is 18.9 Å².